The summed E-state index contributed by atoms with van der Waals surface area (Å²) in [6.07, 6.45) is 0.703. The van der Waals surface area contributed by atoms with Crippen molar-refractivity contribution in [2.45, 2.75) is 19.4 Å². The van der Waals surface area contributed by atoms with Gasteiger partial charge < -0.3 is 19.6 Å². The van der Waals surface area contributed by atoms with E-state index in [1.165, 1.54) is 0 Å². The van der Waals surface area contributed by atoms with Gasteiger partial charge in [-0.05, 0) is 75.9 Å². The largest absolute Gasteiger partial charge is 0.507 e. The van der Waals surface area contributed by atoms with Crippen molar-refractivity contribution in [3.63, 3.8) is 0 Å². The molecule has 1 N–H and O–H groups in total. The third kappa shape index (κ3) is 5.09. The van der Waals surface area contributed by atoms with Gasteiger partial charge in [-0.3, -0.25) is 9.59 Å². The third-order valence-electron chi connectivity index (χ3n) is 5.17. The third-order valence-corrected chi connectivity index (χ3v) is 5.42. The molecule has 3 rings (SSSR count). The van der Waals surface area contributed by atoms with Crippen LogP contribution in [0.5, 0.6) is 5.75 Å². The van der Waals surface area contributed by atoms with Crippen molar-refractivity contribution in [2.24, 2.45) is 0 Å². The SMILES string of the molecule is CCOc1ccc([C@@H]2C(=C(O)c3ccc(Cl)cc3)C(=O)C(=O)N2CCCN(C)C)cc1. The average Bonchev–Trinajstić information content (AvgIpc) is 2.99. The number of rotatable bonds is 8. The molecule has 0 radical (unpaired) electrons. The van der Waals surface area contributed by atoms with Crippen molar-refractivity contribution < 1.29 is 19.4 Å². The zero-order chi connectivity index (χ0) is 22.5. The number of Topliss-reactive ketones (excluding diaryl/α,β-unsaturated/α-hetero) is 1. The summed E-state index contributed by atoms with van der Waals surface area (Å²) in [4.78, 5) is 29.5. The molecule has 1 saturated heterocycles. The van der Waals surface area contributed by atoms with Crippen molar-refractivity contribution in [3.05, 3.63) is 70.3 Å². The summed E-state index contributed by atoms with van der Waals surface area (Å²) in [6, 6.07) is 13.1. The van der Waals surface area contributed by atoms with Crippen LogP contribution in [0.3, 0.4) is 0 Å². The molecule has 7 heteroatoms. The van der Waals surface area contributed by atoms with E-state index in [0.717, 1.165) is 12.1 Å². The summed E-state index contributed by atoms with van der Waals surface area (Å²) in [5, 5.41) is 11.5. The first kappa shape index (κ1) is 22.8. The first-order chi connectivity index (χ1) is 14.8. The fourth-order valence-electron chi connectivity index (χ4n) is 3.69. The highest BCUT2D eigenvalue weighted by Crippen LogP contribution is 2.40. The van der Waals surface area contributed by atoms with Crippen molar-refractivity contribution in [3.8, 4) is 5.75 Å². The summed E-state index contributed by atoms with van der Waals surface area (Å²) in [5.74, 6) is -0.790. The number of halogens is 1. The maximum Gasteiger partial charge on any atom is 0.295 e. The number of aliphatic hydroxyl groups is 1. The number of carbonyl (C=O) groups excluding carboxylic acids is 2. The standard InChI is InChI=1S/C24H27ClN2O4/c1-4-31-19-12-8-16(9-13-19)21-20(22(28)17-6-10-18(25)11-7-17)23(29)24(30)27(21)15-5-14-26(2)3/h6-13,21,28H,4-5,14-15H2,1-3H3/t21-/m1/s1. The van der Waals surface area contributed by atoms with Crippen LogP contribution in [-0.2, 0) is 9.59 Å². The number of hydrogen-bond donors (Lipinski definition) is 1. The van der Waals surface area contributed by atoms with Gasteiger partial charge >= 0.3 is 0 Å². The smallest absolute Gasteiger partial charge is 0.295 e. The molecule has 0 unspecified atom stereocenters. The predicted molar refractivity (Wildman–Crippen MR) is 121 cm³/mol. The normalized spacial score (nSPS) is 18.1. The van der Waals surface area contributed by atoms with E-state index >= 15 is 0 Å². The highest BCUT2D eigenvalue weighted by molar-refractivity contribution is 6.46. The molecule has 1 atom stereocenters. The number of aliphatic hydroxyl groups excluding tert-OH is 1. The molecule has 0 aliphatic carbocycles. The van der Waals surface area contributed by atoms with Gasteiger partial charge in [-0.1, -0.05) is 23.7 Å². The molecule has 164 valence electrons. The molecule has 2 aromatic rings. The Bertz CT molecular complexity index is 968. The van der Waals surface area contributed by atoms with E-state index in [1.807, 2.05) is 38.1 Å². The first-order valence-corrected chi connectivity index (χ1v) is 10.6. The average molecular weight is 443 g/mol. The lowest BCUT2D eigenvalue weighted by atomic mass is 9.95. The Kier molecular flexibility index (Phi) is 7.36. The van der Waals surface area contributed by atoms with E-state index in [-0.39, 0.29) is 11.3 Å². The molecule has 2 aromatic carbocycles. The molecular formula is C24H27ClN2O4. The Morgan fingerprint density at radius 2 is 1.74 bits per heavy atom. The van der Waals surface area contributed by atoms with Crippen LogP contribution in [0.25, 0.3) is 5.76 Å². The monoisotopic (exact) mass is 442 g/mol. The number of likely N-dealkylation sites (tertiary alicyclic amines) is 1. The van der Waals surface area contributed by atoms with E-state index in [4.69, 9.17) is 16.3 Å². The Balaban J connectivity index is 2.05. The fraction of sp³-hybridized carbons (Fsp3) is 0.333. The molecule has 6 nitrogen and oxygen atoms in total. The van der Waals surface area contributed by atoms with Crippen LogP contribution in [-0.4, -0.2) is 60.4 Å². The Morgan fingerprint density at radius 1 is 1.10 bits per heavy atom. The molecule has 0 saturated carbocycles. The van der Waals surface area contributed by atoms with E-state index in [2.05, 4.69) is 0 Å². The molecule has 1 amide bonds. The molecule has 31 heavy (non-hydrogen) atoms. The van der Waals surface area contributed by atoms with Crippen LogP contribution in [0, 0.1) is 0 Å². The van der Waals surface area contributed by atoms with Crippen LogP contribution >= 0.6 is 11.6 Å². The number of hydrogen-bond acceptors (Lipinski definition) is 5. The molecular weight excluding hydrogens is 416 g/mol. The molecule has 1 heterocycles. The van der Waals surface area contributed by atoms with Crippen molar-refractivity contribution >= 4 is 29.1 Å². The first-order valence-electron chi connectivity index (χ1n) is 10.2. The minimum Gasteiger partial charge on any atom is -0.507 e. The van der Waals surface area contributed by atoms with Gasteiger partial charge in [-0.15, -0.1) is 0 Å². The Hall–Kier alpha value is -2.83. The van der Waals surface area contributed by atoms with Crippen molar-refractivity contribution in [1.29, 1.82) is 0 Å². The number of amides is 1. The van der Waals surface area contributed by atoms with Gasteiger partial charge in [0.1, 0.15) is 11.5 Å². The highest BCUT2D eigenvalue weighted by atomic mass is 35.5. The summed E-state index contributed by atoms with van der Waals surface area (Å²) < 4.78 is 5.51. The molecule has 0 bridgehead atoms. The summed E-state index contributed by atoms with van der Waals surface area (Å²) in [7, 11) is 3.91. The second-order valence-electron chi connectivity index (χ2n) is 7.66. The van der Waals surface area contributed by atoms with Crippen LogP contribution in [0.4, 0.5) is 0 Å². The summed E-state index contributed by atoms with van der Waals surface area (Å²) in [6.45, 7) is 3.62. The molecule has 1 aliphatic rings. The zero-order valence-electron chi connectivity index (χ0n) is 18.0. The maximum absolute atomic E-state index is 13.0. The van der Waals surface area contributed by atoms with E-state index in [1.54, 1.807) is 41.3 Å². The lowest BCUT2D eigenvalue weighted by molar-refractivity contribution is -0.139. The second kappa shape index (κ2) is 9.98. The van der Waals surface area contributed by atoms with Crippen molar-refractivity contribution in [1.82, 2.24) is 9.80 Å². The number of ether oxygens (including phenoxy) is 1. The number of ketones is 1. The van der Waals surface area contributed by atoms with Gasteiger partial charge in [0.2, 0.25) is 0 Å². The lowest BCUT2D eigenvalue weighted by Crippen LogP contribution is -2.32. The highest BCUT2D eigenvalue weighted by Gasteiger charge is 2.45. The lowest BCUT2D eigenvalue weighted by Gasteiger charge is -2.26. The molecule has 0 spiro atoms. The van der Waals surface area contributed by atoms with Gasteiger partial charge in [0, 0.05) is 17.1 Å². The van der Waals surface area contributed by atoms with Gasteiger partial charge in [-0.2, -0.15) is 0 Å². The molecule has 1 aliphatic heterocycles. The van der Waals surface area contributed by atoms with Crippen LogP contribution < -0.4 is 4.74 Å². The topological polar surface area (TPSA) is 70.1 Å². The van der Waals surface area contributed by atoms with Crippen molar-refractivity contribution in [2.75, 3.05) is 33.8 Å². The number of benzene rings is 2. The van der Waals surface area contributed by atoms with Gasteiger partial charge in [-0.25, -0.2) is 0 Å². The quantitative estimate of drug-likeness (QED) is 0.378. The minimum atomic E-state index is -0.684. The summed E-state index contributed by atoms with van der Waals surface area (Å²) >= 11 is 5.96. The van der Waals surface area contributed by atoms with Gasteiger partial charge in [0.25, 0.3) is 11.7 Å². The minimum absolute atomic E-state index is 0.0846. The van der Waals surface area contributed by atoms with Crippen LogP contribution in [0.2, 0.25) is 5.02 Å². The van der Waals surface area contributed by atoms with Crippen LogP contribution in [0.1, 0.15) is 30.5 Å². The Labute approximate surface area is 187 Å². The van der Waals surface area contributed by atoms with E-state index in [0.29, 0.717) is 35.9 Å². The van der Waals surface area contributed by atoms with E-state index in [9.17, 15) is 14.7 Å². The fourth-order valence-corrected chi connectivity index (χ4v) is 3.82. The maximum atomic E-state index is 13.0. The number of nitrogens with zero attached hydrogens (tertiary/aromatic N) is 2. The second-order valence-corrected chi connectivity index (χ2v) is 8.09. The zero-order valence-corrected chi connectivity index (χ0v) is 18.7. The summed E-state index contributed by atoms with van der Waals surface area (Å²) in [5.41, 5.74) is 1.26. The van der Waals surface area contributed by atoms with E-state index < -0.39 is 17.7 Å². The predicted octanol–water partition coefficient (Wildman–Crippen LogP) is 4.11. The van der Waals surface area contributed by atoms with Gasteiger partial charge in [0.05, 0.1) is 18.2 Å². The van der Waals surface area contributed by atoms with Crippen LogP contribution in [0.15, 0.2) is 54.1 Å². The van der Waals surface area contributed by atoms with Gasteiger partial charge in [0.15, 0.2) is 0 Å². The molecule has 1 fully saturated rings. The molecule has 0 aromatic heterocycles. The number of carbonyl (C=O) groups is 2. The Morgan fingerprint density at radius 3 is 2.32 bits per heavy atom.